The van der Waals surface area contributed by atoms with Crippen LogP contribution in [0.4, 0.5) is 4.79 Å². The molecule has 0 aliphatic carbocycles. The maximum atomic E-state index is 11.3. The lowest BCUT2D eigenvalue weighted by Gasteiger charge is -2.01. The monoisotopic (exact) mass is 257 g/mol. The summed E-state index contributed by atoms with van der Waals surface area (Å²) >= 11 is 0. The third kappa shape index (κ3) is 3.81. The average Bonchev–Trinajstić information content (AvgIpc) is 2.47. The number of nitrogens with zero attached hydrogens (tertiary/aromatic N) is 2. The van der Waals surface area contributed by atoms with E-state index >= 15 is 0 Å². The number of amidine groups is 1. The molecule has 0 fully saturated rings. The Kier molecular flexibility index (Phi) is 4.07. The molecule has 6 heteroatoms. The number of para-hydroxylation sites is 1. The smallest absolute Gasteiger partial charge is 0.393 e. The van der Waals surface area contributed by atoms with Gasteiger partial charge >= 0.3 is 6.16 Å². The third-order valence-corrected chi connectivity index (χ3v) is 2.09. The number of aromatic nitrogens is 1. The lowest BCUT2D eigenvalue weighted by atomic mass is 10.3. The van der Waals surface area contributed by atoms with Gasteiger partial charge in [0.15, 0.2) is 5.84 Å². The van der Waals surface area contributed by atoms with Crippen molar-refractivity contribution in [3.8, 4) is 5.75 Å². The summed E-state index contributed by atoms with van der Waals surface area (Å²) in [5, 5.41) is 3.45. The lowest BCUT2D eigenvalue weighted by Crippen LogP contribution is -2.17. The highest BCUT2D eigenvalue weighted by atomic mass is 16.8. The van der Waals surface area contributed by atoms with E-state index in [9.17, 15) is 4.79 Å². The number of pyridine rings is 1. The van der Waals surface area contributed by atoms with Crippen LogP contribution in [0.25, 0.3) is 0 Å². The Morgan fingerprint density at radius 1 is 1.11 bits per heavy atom. The van der Waals surface area contributed by atoms with Crippen LogP contribution in [0.5, 0.6) is 5.75 Å². The minimum atomic E-state index is -0.968. The summed E-state index contributed by atoms with van der Waals surface area (Å²) in [6, 6.07) is 13.6. The molecule has 0 atom stereocenters. The first-order valence-electron chi connectivity index (χ1n) is 5.44. The third-order valence-electron chi connectivity index (χ3n) is 2.09. The van der Waals surface area contributed by atoms with Crippen LogP contribution in [0.15, 0.2) is 59.9 Å². The molecular formula is C13H11N3O3. The molecule has 0 amide bonds. The molecule has 2 rings (SSSR count). The fourth-order valence-corrected chi connectivity index (χ4v) is 1.25. The number of nitrogens with two attached hydrogens (primary N) is 1. The second-order valence-corrected chi connectivity index (χ2v) is 3.45. The van der Waals surface area contributed by atoms with E-state index < -0.39 is 6.16 Å². The molecule has 0 bridgehead atoms. The largest absolute Gasteiger partial charge is 0.540 e. The molecule has 6 nitrogen and oxygen atoms in total. The number of ether oxygens (including phenoxy) is 1. The van der Waals surface area contributed by atoms with E-state index in [4.69, 9.17) is 10.5 Å². The summed E-state index contributed by atoms with van der Waals surface area (Å²) in [6.07, 6.45) is 0.588. The van der Waals surface area contributed by atoms with Crippen LogP contribution in [0.2, 0.25) is 0 Å². The molecule has 96 valence electrons. The number of oxime groups is 1. The molecule has 1 aromatic carbocycles. The van der Waals surface area contributed by atoms with Crippen molar-refractivity contribution < 1.29 is 14.4 Å². The fraction of sp³-hybridized carbons (Fsp3) is 0. The minimum absolute atomic E-state index is 0.00869. The quantitative estimate of drug-likeness (QED) is 0.227. The van der Waals surface area contributed by atoms with Crippen LogP contribution >= 0.6 is 0 Å². The summed E-state index contributed by atoms with van der Waals surface area (Å²) in [5.74, 6) is 0.352. The highest BCUT2D eigenvalue weighted by molar-refractivity contribution is 5.95. The van der Waals surface area contributed by atoms with Crippen LogP contribution < -0.4 is 10.5 Å². The van der Waals surface area contributed by atoms with Crippen LogP contribution in [-0.4, -0.2) is 17.0 Å². The van der Waals surface area contributed by atoms with Gasteiger partial charge in [0.2, 0.25) is 0 Å². The maximum Gasteiger partial charge on any atom is 0.540 e. The van der Waals surface area contributed by atoms with Gasteiger partial charge in [-0.1, -0.05) is 29.4 Å². The fourth-order valence-electron chi connectivity index (χ4n) is 1.25. The molecule has 1 aromatic heterocycles. The van der Waals surface area contributed by atoms with Crippen molar-refractivity contribution in [3.05, 3.63) is 60.4 Å². The highest BCUT2D eigenvalue weighted by Crippen LogP contribution is 2.09. The second-order valence-electron chi connectivity index (χ2n) is 3.45. The number of carbonyl (C=O) groups is 1. The average molecular weight is 257 g/mol. The molecule has 0 aliphatic heterocycles. The van der Waals surface area contributed by atoms with Crippen molar-refractivity contribution in [2.45, 2.75) is 0 Å². The molecule has 2 aromatic rings. The van der Waals surface area contributed by atoms with E-state index in [0.29, 0.717) is 11.4 Å². The van der Waals surface area contributed by atoms with E-state index in [1.54, 1.807) is 54.7 Å². The summed E-state index contributed by atoms with van der Waals surface area (Å²) < 4.78 is 4.86. The molecule has 19 heavy (non-hydrogen) atoms. The van der Waals surface area contributed by atoms with Crippen LogP contribution in [-0.2, 0) is 4.84 Å². The van der Waals surface area contributed by atoms with E-state index in [1.165, 1.54) is 0 Å². The topological polar surface area (TPSA) is 86.8 Å². The minimum Gasteiger partial charge on any atom is -0.393 e. The Morgan fingerprint density at radius 2 is 1.84 bits per heavy atom. The van der Waals surface area contributed by atoms with Gasteiger partial charge in [0.1, 0.15) is 11.4 Å². The predicted octanol–water partition coefficient (Wildman–Crippen LogP) is 1.92. The maximum absolute atomic E-state index is 11.3. The zero-order chi connectivity index (χ0) is 13.5. The van der Waals surface area contributed by atoms with Gasteiger partial charge in [-0.3, -0.25) is 9.82 Å². The summed E-state index contributed by atoms with van der Waals surface area (Å²) in [6.45, 7) is 0. The van der Waals surface area contributed by atoms with Crippen LogP contribution in [0.3, 0.4) is 0 Å². The van der Waals surface area contributed by atoms with Crippen molar-refractivity contribution in [2.24, 2.45) is 10.9 Å². The van der Waals surface area contributed by atoms with Gasteiger partial charge in [-0.2, -0.15) is 0 Å². The second kappa shape index (κ2) is 6.15. The van der Waals surface area contributed by atoms with E-state index in [-0.39, 0.29) is 5.84 Å². The molecule has 0 radical (unpaired) electrons. The molecular weight excluding hydrogens is 246 g/mol. The first-order chi connectivity index (χ1) is 9.25. The molecule has 1 heterocycles. The van der Waals surface area contributed by atoms with E-state index in [0.717, 1.165) is 0 Å². The first-order valence-corrected chi connectivity index (χ1v) is 5.44. The number of hydrogen-bond acceptors (Lipinski definition) is 5. The number of carbonyl (C=O) groups excluding carboxylic acids is 1. The number of hydrogen-bond donors (Lipinski definition) is 1. The molecule has 2 N–H and O–H groups in total. The number of rotatable bonds is 3. The van der Waals surface area contributed by atoms with Gasteiger partial charge in [-0.05, 0) is 24.3 Å². The molecule has 0 spiro atoms. The van der Waals surface area contributed by atoms with Gasteiger partial charge in [-0.25, -0.2) is 4.79 Å². The van der Waals surface area contributed by atoms with Crippen LogP contribution in [0, 0.1) is 0 Å². The Morgan fingerprint density at radius 3 is 2.53 bits per heavy atom. The predicted molar refractivity (Wildman–Crippen MR) is 68.5 cm³/mol. The summed E-state index contributed by atoms with van der Waals surface area (Å²) in [4.78, 5) is 19.8. The Bertz CT molecular complexity index is 570. The standard InChI is InChI=1S/C13H11N3O3/c14-12(11-8-4-5-9-15-11)16-19-13(17)18-10-6-2-1-3-7-10/h1-9H,(H2,14,16). The van der Waals surface area contributed by atoms with E-state index in [2.05, 4.69) is 15.0 Å². The van der Waals surface area contributed by atoms with Crippen molar-refractivity contribution in [1.82, 2.24) is 4.98 Å². The zero-order valence-corrected chi connectivity index (χ0v) is 9.89. The summed E-state index contributed by atoms with van der Waals surface area (Å²) in [7, 11) is 0. The van der Waals surface area contributed by atoms with Crippen molar-refractivity contribution in [1.29, 1.82) is 0 Å². The Labute approximate surface area is 109 Å². The lowest BCUT2D eigenvalue weighted by molar-refractivity contribution is 0.102. The van der Waals surface area contributed by atoms with Gasteiger partial charge in [0.05, 0.1) is 0 Å². The van der Waals surface area contributed by atoms with Crippen molar-refractivity contribution >= 4 is 12.0 Å². The normalized spacial score (nSPS) is 10.8. The van der Waals surface area contributed by atoms with Gasteiger partial charge in [0.25, 0.3) is 0 Å². The Balaban J connectivity index is 1.93. The molecule has 0 saturated heterocycles. The molecule has 0 unspecified atom stereocenters. The van der Waals surface area contributed by atoms with Crippen molar-refractivity contribution in [3.63, 3.8) is 0 Å². The SMILES string of the molecule is N/C(=N\OC(=O)Oc1ccccc1)c1ccccn1. The highest BCUT2D eigenvalue weighted by Gasteiger charge is 2.07. The van der Waals surface area contributed by atoms with E-state index in [1.807, 2.05) is 0 Å². The van der Waals surface area contributed by atoms with Crippen LogP contribution in [0.1, 0.15) is 5.69 Å². The van der Waals surface area contributed by atoms with Gasteiger partial charge < -0.3 is 10.5 Å². The Hall–Kier alpha value is -2.89. The molecule has 0 saturated carbocycles. The number of benzene rings is 1. The zero-order valence-electron chi connectivity index (χ0n) is 9.89. The first kappa shape index (κ1) is 12.6. The summed E-state index contributed by atoms with van der Waals surface area (Å²) in [5.41, 5.74) is 6.00. The van der Waals surface area contributed by atoms with Gasteiger partial charge in [-0.15, -0.1) is 0 Å². The molecule has 0 aliphatic rings. The van der Waals surface area contributed by atoms with Gasteiger partial charge in [0, 0.05) is 6.20 Å². The van der Waals surface area contributed by atoms with Crippen molar-refractivity contribution in [2.75, 3.05) is 0 Å².